The molecule has 2 aliphatic heterocycles. The van der Waals surface area contributed by atoms with Gasteiger partial charge in [-0.15, -0.1) is 0 Å². The van der Waals surface area contributed by atoms with Crippen LogP contribution in [0.25, 0.3) is 5.70 Å². The maximum absolute atomic E-state index is 14.2. The van der Waals surface area contributed by atoms with Gasteiger partial charge in [0, 0.05) is 68.5 Å². The summed E-state index contributed by atoms with van der Waals surface area (Å²) in [6.07, 6.45) is 5.02. The van der Waals surface area contributed by atoms with E-state index in [1.54, 1.807) is 31.5 Å². The third-order valence-electron chi connectivity index (χ3n) is 6.27. The van der Waals surface area contributed by atoms with Crippen molar-refractivity contribution in [3.05, 3.63) is 71.2 Å². The van der Waals surface area contributed by atoms with Crippen LogP contribution in [0.3, 0.4) is 0 Å². The van der Waals surface area contributed by atoms with E-state index in [1.165, 1.54) is 6.07 Å². The molecule has 0 radical (unpaired) electrons. The predicted octanol–water partition coefficient (Wildman–Crippen LogP) is 3.29. The van der Waals surface area contributed by atoms with E-state index in [2.05, 4.69) is 38.2 Å². The van der Waals surface area contributed by atoms with Crippen molar-refractivity contribution in [2.45, 2.75) is 19.9 Å². The van der Waals surface area contributed by atoms with Crippen LogP contribution in [0.15, 0.2) is 54.1 Å². The first kappa shape index (κ1) is 24.9. The van der Waals surface area contributed by atoms with E-state index in [1.807, 2.05) is 6.07 Å². The summed E-state index contributed by atoms with van der Waals surface area (Å²) in [5, 5.41) is 0.383. The Bertz CT molecular complexity index is 1130. The van der Waals surface area contributed by atoms with Crippen LogP contribution < -0.4 is 10.6 Å². The van der Waals surface area contributed by atoms with Gasteiger partial charge in [-0.3, -0.25) is 0 Å². The first-order valence-electron chi connectivity index (χ1n) is 11.7. The molecule has 0 unspecified atom stereocenters. The van der Waals surface area contributed by atoms with E-state index in [4.69, 9.17) is 27.1 Å². The Kier molecular flexibility index (Phi) is 7.87. The molecule has 4 rings (SSSR count). The molecular formula is C25H31ClFN7O. The Hall–Kier alpha value is -3.17. The second-order valence-corrected chi connectivity index (χ2v) is 9.07. The molecule has 1 aromatic carbocycles. The largest absolute Gasteiger partial charge is 0.398 e. The highest BCUT2D eigenvalue weighted by molar-refractivity contribution is 6.31. The number of benzene rings is 1. The predicted molar refractivity (Wildman–Crippen MR) is 138 cm³/mol. The molecule has 0 bridgehead atoms. The monoisotopic (exact) mass is 499 g/mol. The average molecular weight is 500 g/mol. The molecule has 10 heteroatoms. The molecule has 0 aliphatic carbocycles. The number of nitrogens with zero attached hydrogens (tertiary/aromatic N) is 6. The standard InChI is InChI=1S/C25H31ClFN7O/c1-17-4-5-20(14-21(17)27)22(28)15-23(31-19(3)32-10-12-35-13-11-32)34-9-8-33(16-18(34)2)25-24(26)29-6-7-30-25/h4-7,14-15,18H,3,8-13,16,28H2,1-2H3/b22-15-,31-23+/t18-/m1/s1. The average Bonchev–Trinajstić information content (AvgIpc) is 2.86. The second kappa shape index (κ2) is 11.0. The van der Waals surface area contributed by atoms with Gasteiger partial charge in [-0.2, -0.15) is 0 Å². The number of hydrogen-bond donors (Lipinski definition) is 1. The quantitative estimate of drug-likeness (QED) is 0.499. The smallest absolute Gasteiger partial charge is 0.171 e. The fourth-order valence-electron chi connectivity index (χ4n) is 4.21. The zero-order valence-corrected chi connectivity index (χ0v) is 20.9. The number of halogens is 2. The summed E-state index contributed by atoms with van der Waals surface area (Å²) in [5.41, 5.74) is 8.05. The lowest BCUT2D eigenvalue weighted by Crippen LogP contribution is -2.54. The molecular weight excluding hydrogens is 469 g/mol. The van der Waals surface area contributed by atoms with Crippen molar-refractivity contribution in [1.82, 2.24) is 19.8 Å². The van der Waals surface area contributed by atoms with Gasteiger partial charge in [0.1, 0.15) is 17.5 Å². The van der Waals surface area contributed by atoms with Gasteiger partial charge in [0.2, 0.25) is 0 Å². The van der Waals surface area contributed by atoms with Crippen LogP contribution in [0, 0.1) is 12.7 Å². The molecule has 3 heterocycles. The summed E-state index contributed by atoms with van der Waals surface area (Å²) < 4.78 is 19.7. The maximum atomic E-state index is 14.2. The van der Waals surface area contributed by atoms with E-state index >= 15 is 0 Å². The molecule has 2 aliphatic rings. The van der Waals surface area contributed by atoms with E-state index in [9.17, 15) is 4.39 Å². The number of aromatic nitrogens is 2. The van der Waals surface area contributed by atoms with Gasteiger partial charge < -0.3 is 25.2 Å². The Morgan fingerprint density at radius 1 is 1.23 bits per heavy atom. The molecule has 0 amide bonds. The summed E-state index contributed by atoms with van der Waals surface area (Å²) in [6, 6.07) is 5.06. The van der Waals surface area contributed by atoms with Gasteiger partial charge in [0.15, 0.2) is 11.0 Å². The topological polar surface area (TPSA) is 83.1 Å². The first-order valence-corrected chi connectivity index (χ1v) is 12.0. The first-order chi connectivity index (χ1) is 16.8. The van der Waals surface area contributed by atoms with Gasteiger partial charge in [-0.1, -0.05) is 30.3 Å². The Morgan fingerprint density at radius 3 is 2.66 bits per heavy atom. The van der Waals surface area contributed by atoms with Crippen molar-refractivity contribution in [2.75, 3.05) is 50.8 Å². The minimum absolute atomic E-state index is 0.0665. The molecule has 8 nitrogen and oxygen atoms in total. The lowest BCUT2D eigenvalue weighted by Gasteiger charge is -2.42. The van der Waals surface area contributed by atoms with Gasteiger partial charge >= 0.3 is 0 Å². The van der Waals surface area contributed by atoms with Crippen LogP contribution in [-0.4, -0.2) is 77.6 Å². The Labute approximate surface area is 210 Å². The maximum Gasteiger partial charge on any atom is 0.171 e. The van der Waals surface area contributed by atoms with Gasteiger partial charge in [0.05, 0.1) is 13.2 Å². The zero-order valence-electron chi connectivity index (χ0n) is 20.1. The minimum Gasteiger partial charge on any atom is -0.398 e. The molecule has 35 heavy (non-hydrogen) atoms. The Morgan fingerprint density at radius 2 is 1.97 bits per heavy atom. The number of aliphatic imine (C=N–C) groups is 1. The Balaban J connectivity index is 1.62. The van der Waals surface area contributed by atoms with E-state index in [0.717, 1.165) is 13.1 Å². The summed E-state index contributed by atoms with van der Waals surface area (Å²) in [6.45, 7) is 12.8. The number of anilines is 1. The third-order valence-corrected chi connectivity index (χ3v) is 6.53. The van der Waals surface area contributed by atoms with Crippen molar-refractivity contribution in [1.29, 1.82) is 0 Å². The number of hydrogen-bond acceptors (Lipinski definition) is 7. The number of piperazine rings is 1. The van der Waals surface area contributed by atoms with Crippen molar-refractivity contribution >= 4 is 29.0 Å². The summed E-state index contributed by atoms with van der Waals surface area (Å²) in [4.78, 5) is 19.8. The highest BCUT2D eigenvalue weighted by Crippen LogP contribution is 2.24. The second-order valence-electron chi connectivity index (χ2n) is 8.71. The summed E-state index contributed by atoms with van der Waals surface area (Å²) >= 11 is 6.28. The number of amidine groups is 1. The normalized spacial score (nSPS) is 19.8. The molecule has 0 spiro atoms. The van der Waals surface area contributed by atoms with Crippen LogP contribution in [-0.2, 0) is 4.74 Å². The van der Waals surface area contributed by atoms with Crippen LogP contribution in [0.5, 0.6) is 0 Å². The molecule has 2 saturated heterocycles. The lowest BCUT2D eigenvalue weighted by molar-refractivity contribution is 0.0533. The highest BCUT2D eigenvalue weighted by Gasteiger charge is 2.28. The zero-order chi connectivity index (χ0) is 24.9. The van der Waals surface area contributed by atoms with Crippen LogP contribution >= 0.6 is 11.6 Å². The van der Waals surface area contributed by atoms with E-state index in [0.29, 0.717) is 72.3 Å². The number of morpholine rings is 1. The summed E-state index contributed by atoms with van der Waals surface area (Å²) in [5.74, 6) is 1.70. The van der Waals surface area contributed by atoms with Crippen LogP contribution in [0.2, 0.25) is 5.15 Å². The fourth-order valence-corrected chi connectivity index (χ4v) is 4.44. The van der Waals surface area contributed by atoms with Crippen molar-refractivity contribution < 1.29 is 9.13 Å². The highest BCUT2D eigenvalue weighted by atomic mass is 35.5. The molecule has 1 aromatic heterocycles. The molecule has 1 atom stereocenters. The van der Waals surface area contributed by atoms with Gasteiger partial charge in [-0.05, 0) is 25.5 Å². The summed E-state index contributed by atoms with van der Waals surface area (Å²) in [7, 11) is 0. The molecule has 0 saturated carbocycles. The van der Waals surface area contributed by atoms with Gasteiger partial charge in [-0.25, -0.2) is 19.4 Å². The third kappa shape index (κ3) is 5.91. The van der Waals surface area contributed by atoms with Crippen LogP contribution in [0.1, 0.15) is 18.1 Å². The van der Waals surface area contributed by atoms with Crippen molar-refractivity contribution in [2.24, 2.45) is 10.7 Å². The number of nitrogens with two attached hydrogens (primary N) is 1. The SMILES string of the molecule is C=C(/N=C(\C=C(/N)c1ccc(C)c(F)c1)N1CCN(c2nccnc2Cl)C[C@H]1C)N1CCOCC1. The molecule has 2 aromatic rings. The van der Waals surface area contributed by atoms with Crippen molar-refractivity contribution in [3.63, 3.8) is 0 Å². The van der Waals surface area contributed by atoms with Gasteiger partial charge in [0.25, 0.3) is 0 Å². The van der Waals surface area contributed by atoms with Crippen molar-refractivity contribution in [3.8, 4) is 0 Å². The molecule has 2 N–H and O–H groups in total. The number of rotatable bonds is 5. The van der Waals surface area contributed by atoms with Crippen LogP contribution in [0.4, 0.5) is 10.2 Å². The number of ether oxygens (including phenoxy) is 1. The van der Waals surface area contributed by atoms with E-state index < -0.39 is 0 Å². The molecule has 2 fully saturated rings. The lowest BCUT2D eigenvalue weighted by atomic mass is 10.1. The molecule has 186 valence electrons. The number of aryl methyl sites for hydroxylation is 1. The van der Waals surface area contributed by atoms with E-state index in [-0.39, 0.29) is 11.9 Å². The fraction of sp³-hybridized carbons (Fsp3) is 0.400. The minimum atomic E-state index is -0.294.